The van der Waals surface area contributed by atoms with Crippen molar-refractivity contribution in [1.29, 1.82) is 0 Å². The molecule has 2 rings (SSSR count). The fraction of sp³-hybridized carbons (Fsp3) is 0.600. The van der Waals surface area contributed by atoms with Gasteiger partial charge < -0.3 is 13.0 Å². The van der Waals surface area contributed by atoms with Gasteiger partial charge in [-0.05, 0) is 51.4 Å². The van der Waals surface area contributed by atoms with Crippen molar-refractivity contribution >= 4 is 25.4 Å². The van der Waals surface area contributed by atoms with Crippen LogP contribution in [0.4, 0.5) is 0 Å². The van der Waals surface area contributed by atoms with Gasteiger partial charge in [-0.1, -0.05) is 23.6 Å². The van der Waals surface area contributed by atoms with E-state index >= 15 is 0 Å². The van der Waals surface area contributed by atoms with Gasteiger partial charge in [0.25, 0.3) is 0 Å². The van der Waals surface area contributed by atoms with Crippen LogP contribution in [0.1, 0.15) is 19.3 Å². The SMILES string of the molecule is C=C[Si](C)(C)O[Si](O)(O[Si](C)(C)C=C)C12C=CC(CC1)C2. The quantitative estimate of drug-likeness (QED) is 0.564. The van der Waals surface area contributed by atoms with Gasteiger partial charge in [0.05, 0.1) is 5.04 Å². The van der Waals surface area contributed by atoms with Crippen molar-refractivity contribution in [2.75, 3.05) is 0 Å². The summed E-state index contributed by atoms with van der Waals surface area (Å²) in [5, 5.41) is -0.280. The van der Waals surface area contributed by atoms with Crippen molar-refractivity contribution in [3.8, 4) is 0 Å². The summed E-state index contributed by atoms with van der Waals surface area (Å²) in [5.41, 5.74) is 3.75. The molecule has 1 N–H and O–H groups in total. The van der Waals surface area contributed by atoms with E-state index in [1.807, 2.05) is 11.4 Å². The predicted octanol–water partition coefficient (Wildman–Crippen LogP) is 3.92. The van der Waals surface area contributed by atoms with Crippen LogP contribution in [0.5, 0.6) is 0 Å². The van der Waals surface area contributed by atoms with Gasteiger partial charge in [0, 0.05) is 0 Å². The Kier molecular flexibility index (Phi) is 4.43. The van der Waals surface area contributed by atoms with Gasteiger partial charge in [-0.25, -0.2) is 0 Å². The maximum absolute atomic E-state index is 11.5. The lowest BCUT2D eigenvalue weighted by molar-refractivity contribution is 0.210. The molecule has 0 aromatic carbocycles. The fourth-order valence-corrected chi connectivity index (χ4v) is 13.0. The molecule has 0 aliphatic heterocycles. The van der Waals surface area contributed by atoms with E-state index in [2.05, 4.69) is 51.5 Å². The van der Waals surface area contributed by atoms with Gasteiger partial charge in [0.2, 0.25) is 16.6 Å². The van der Waals surface area contributed by atoms with E-state index in [1.54, 1.807) is 0 Å². The highest BCUT2D eigenvalue weighted by molar-refractivity contribution is 6.90. The topological polar surface area (TPSA) is 38.7 Å². The molecule has 6 heteroatoms. The summed E-state index contributed by atoms with van der Waals surface area (Å²) < 4.78 is 12.7. The Balaban J connectivity index is 2.37. The van der Waals surface area contributed by atoms with E-state index in [1.165, 1.54) is 0 Å². The molecule has 0 aromatic heterocycles. The highest BCUT2D eigenvalue weighted by atomic mass is 28.5. The normalized spacial score (nSPS) is 28.9. The number of hydrogen-bond donors (Lipinski definition) is 1. The molecule has 2 atom stereocenters. The molecule has 1 saturated carbocycles. The maximum atomic E-state index is 11.5. The van der Waals surface area contributed by atoms with E-state index in [-0.39, 0.29) is 5.04 Å². The van der Waals surface area contributed by atoms with Crippen LogP contribution in [-0.2, 0) is 8.23 Å². The van der Waals surface area contributed by atoms with Crippen LogP contribution >= 0.6 is 0 Å². The molecule has 2 aliphatic rings. The summed E-state index contributed by atoms with van der Waals surface area (Å²) in [4.78, 5) is 11.5. The minimum absolute atomic E-state index is 0.280. The Morgan fingerprint density at radius 1 is 1.14 bits per heavy atom. The van der Waals surface area contributed by atoms with Crippen LogP contribution in [0.2, 0.25) is 31.2 Å². The zero-order valence-electron chi connectivity index (χ0n) is 13.7. The Morgan fingerprint density at radius 3 is 1.95 bits per heavy atom. The number of hydrogen-bond acceptors (Lipinski definition) is 3. The lowest BCUT2D eigenvalue weighted by Gasteiger charge is -2.44. The lowest BCUT2D eigenvalue weighted by atomic mass is 10.1. The lowest BCUT2D eigenvalue weighted by Crippen LogP contribution is -2.61. The largest absolute Gasteiger partial charge is 0.488 e. The molecule has 1 fully saturated rings. The number of allylic oxidation sites excluding steroid dienone is 2. The first-order valence-electron chi connectivity index (χ1n) is 7.66. The zero-order valence-corrected chi connectivity index (χ0v) is 16.7. The Bertz CT molecular complexity index is 451. The molecule has 21 heavy (non-hydrogen) atoms. The maximum Gasteiger partial charge on any atom is 0.488 e. The van der Waals surface area contributed by atoms with E-state index in [0.29, 0.717) is 5.92 Å². The first kappa shape index (κ1) is 17.1. The van der Waals surface area contributed by atoms with Gasteiger partial charge >= 0.3 is 8.80 Å². The molecule has 3 nitrogen and oxygen atoms in total. The minimum atomic E-state index is -3.34. The fourth-order valence-electron chi connectivity index (χ4n) is 3.16. The highest BCUT2D eigenvalue weighted by Crippen LogP contribution is 2.60. The predicted molar refractivity (Wildman–Crippen MR) is 94.7 cm³/mol. The molecule has 2 aliphatic carbocycles. The van der Waals surface area contributed by atoms with Crippen LogP contribution in [0.3, 0.4) is 0 Å². The summed E-state index contributed by atoms with van der Waals surface area (Å²) in [6, 6.07) is 0. The van der Waals surface area contributed by atoms with Crippen molar-refractivity contribution in [2.24, 2.45) is 5.92 Å². The molecule has 118 valence electrons. The van der Waals surface area contributed by atoms with Crippen LogP contribution in [0, 0.1) is 5.92 Å². The Morgan fingerprint density at radius 2 is 1.67 bits per heavy atom. The summed E-state index contributed by atoms with van der Waals surface area (Å²) in [6.07, 6.45) is 7.48. The third-order valence-electron chi connectivity index (χ3n) is 4.69. The van der Waals surface area contributed by atoms with E-state index in [9.17, 15) is 4.80 Å². The second-order valence-electron chi connectivity index (χ2n) is 7.42. The van der Waals surface area contributed by atoms with Gasteiger partial charge in [0.1, 0.15) is 0 Å². The van der Waals surface area contributed by atoms with Crippen LogP contribution < -0.4 is 0 Å². The molecule has 0 heterocycles. The molecule has 0 radical (unpaired) electrons. The summed E-state index contributed by atoms with van der Waals surface area (Å²) >= 11 is 0. The van der Waals surface area contributed by atoms with E-state index < -0.39 is 25.4 Å². The van der Waals surface area contributed by atoms with Gasteiger partial charge in [-0.3, -0.25) is 0 Å². The Labute approximate surface area is 132 Å². The smallest absolute Gasteiger partial charge is 0.412 e. The monoisotopic (exact) mass is 340 g/mol. The number of fused-ring (bicyclic) bond motifs is 2. The second-order valence-corrected chi connectivity index (χ2v) is 18.4. The minimum Gasteiger partial charge on any atom is -0.412 e. The van der Waals surface area contributed by atoms with Crippen LogP contribution in [-0.4, -0.2) is 30.2 Å². The average molecular weight is 341 g/mol. The molecule has 2 unspecified atom stereocenters. The van der Waals surface area contributed by atoms with Crippen molar-refractivity contribution in [1.82, 2.24) is 0 Å². The van der Waals surface area contributed by atoms with E-state index in [4.69, 9.17) is 8.23 Å². The first-order chi connectivity index (χ1) is 9.57. The highest BCUT2D eigenvalue weighted by Gasteiger charge is 2.64. The van der Waals surface area contributed by atoms with Crippen molar-refractivity contribution < 1.29 is 13.0 Å². The van der Waals surface area contributed by atoms with Crippen LogP contribution in [0.25, 0.3) is 0 Å². The summed E-state index contributed by atoms with van der Waals surface area (Å²) in [5.74, 6) is 0.582. The summed E-state index contributed by atoms with van der Waals surface area (Å²) in [7, 11) is -7.61. The van der Waals surface area contributed by atoms with Crippen molar-refractivity contribution in [3.05, 3.63) is 36.7 Å². The molecule has 0 spiro atoms. The molecule has 0 aromatic rings. The number of rotatable bonds is 7. The van der Waals surface area contributed by atoms with Crippen molar-refractivity contribution in [2.45, 2.75) is 50.5 Å². The second kappa shape index (κ2) is 5.43. The molecule has 0 amide bonds. The summed E-state index contributed by atoms with van der Waals surface area (Å²) in [6.45, 7) is 16.0. The standard InChI is InChI=1S/C15H28O3Si3/c1-7-19(3,4)17-21(16,18-20(5,6)8-2)15-11-9-14(13-15)10-12-15/h7-9,11,14,16H,1-2,10,12-13H2,3-6H3. The van der Waals surface area contributed by atoms with E-state index in [0.717, 1.165) is 19.3 Å². The molecular formula is C15H28O3Si3. The van der Waals surface area contributed by atoms with Crippen LogP contribution in [0.15, 0.2) is 36.7 Å². The van der Waals surface area contributed by atoms with Gasteiger partial charge in [-0.15, -0.1) is 13.2 Å². The Hall–Kier alpha value is -0.249. The molecule has 2 bridgehead atoms. The molecular weight excluding hydrogens is 312 g/mol. The third kappa shape index (κ3) is 3.25. The third-order valence-corrected chi connectivity index (χ3v) is 15.0. The molecule has 0 saturated heterocycles. The zero-order chi connectivity index (χ0) is 15.9. The average Bonchev–Trinajstić information content (AvgIpc) is 2.99. The van der Waals surface area contributed by atoms with Crippen molar-refractivity contribution in [3.63, 3.8) is 0 Å². The van der Waals surface area contributed by atoms with Gasteiger partial charge in [0.15, 0.2) is 0 Å². The van der Waals surface area contributed by atoms with Gasteiger partial charge in [-0.2, -0.15) is 0 Å². The first-order valence-corrected chi connectivity index (χ1v) is 15.4.